The van der Waals surface area contributed by atoms with E-state index in [1.54, 1.807) is 12.4 Å². The lowest BCUT2D eigenvalue weighted by atomic mass is 9.91. The molecule has 1 saturated heterocycles. The molecule has 1 saturated carbocycles. The summed E-state index contributed by atoms with van der Waals surface area (Å²) in [5.41, 5.74) is 0.302. The maximum atomic E-state index is 12.4. The third kappa shape index (κ3) is 2.39. The molecule has 0 radical (unpaired) electrons. The van der Waals surface area contributed by atoms with Gasteiger partial charge < -0.3 is 15.6 Å². The van der Waals surface area contributed by atoms with Crippen LogP contribution in [0.15, 0.2) is 12.4 Å². The summed E-state index contributed by atoms with van der Waals surface area (Å²) < 4.78 is 0. The molecule has 0 bridgehead atoms. The predicted molar refractivity (Wildman–Crippen MR) is 72.4 cm³/mol. The minimum absolute atomic E-state index is 0.0156. The first-order chi connectivity index (χ1) is 9.25. The molecule has 2 unspecified atom stereocenters. The van der Waals surface area contributed by atoms with E-state index in [0.29, 0.717) is 5.41 Å². The van der Waals surface area contributed by atoms with Crippen LogP contribution in [0.1, 0.15) is 44.5 Å². The van der Waals surface area contributed by atoms with Crippen molar-refractivity contribution in [2.24, 2.45) is 11.3 Å². The molecule has 1 aliphatic heterocycles. The molecule has 0 aromatic carbocycles. The second-order valence-electron chi connectivity index (χ2n) is 5.81. The number of H-pyrrole nitrogens is 1. The van der Waals surface area contributed by atoms with Gasteiger partial charge in [0, 0.05) is 18.3 Å². The first-order valence-corrected chi connectivity index (χ1v) is 7.25. The van der Waals surface area contributed by atoms with Crippen molar-refractivity contribution in [1.82, 2.24) is 20.6 Å². The Morgan fingerprint density at radius 3 is 3.00 bits per heavy atom. The molecule has 2 fully saturated rings. The van der Waals surface area contributed by atoms with Crippen LogP contribution < -0.4 is 10.6 Å². The molecule has 3 rings (SSSR count). The Hall–Kier alpha value is -1.36. The van der Waals surface area contributed by atoms with E-state index < -0.39 is 0 Å². The van der Waals surface area contributed by atoms with Gasteiger partial charge in [-0.3, -0.25) is 4.79 Å². The number of imidazole rings is 1. The van der Waals surface area contributed by atoms with Crippen molar-refractivity contribution >= 4 is 5.91 Å². The summed E-state index contributed by atoms with van der Waals surface area (Å²) in [6.07, 6.45) is 7.74. The van der Waals surface area contributed by atoms with E-state index in [-0.39, 0.29) is 17.9 Å². The lowest BCUT2D eigenvalue weighted by Gasteiger charge is -2.24. The Morgan fingerprint density at radius 1 is 1.58 bits per heavy atom. The van der Waals surface area contributed by atoms with E-state index in [2.05, 4.69) is 27.5 Å². The Labute approximate surface area is 113 Å². The Kier molecular flexibility index (Phi) is 3.31. The second kappa shape index (κ2) is 4.96. The fourth-order valence-electron chi connectivity index (χ4n) is 3.30. The van der Waals surface area contributed by atoms with Crippen molar-refractivity contribution in [3.8, 4) is 0 Å². The molecule has 2 aliphatic rings. The number of aromatic nitrogens is 2. The standard InChI is InChI=1S/C14H22N4O/c1-2-11(12-16-7-8-17-12)18-13(19)10-9-14(10)3-5-15-6-4-14/h7-8,10-11,15H,2-6,9H2,1H3,(H,16,17)(H,18,19). The second-order valence-corrected chi connectivity index (χ2v) is 5.81. The number of aromatic amines is 1. The first kappa shape index (κ1) is 12.7. The van der Waals surface area contributed by atoms with Gasteiger partial charge in [0.1, 0.15) is 5.82 Å². The van der Waals surface area contributed by atoms with Crippen LogP contribution in [-0.2, 0) is 4.79 Å². The number of nitrogens with zero attached hydrogens (tertiary/aromatic N) is 1. The summed E-state index contributed by atoms with van der Waals surface area (Å²) in [5.74, 6) is 1.29. The highest BCUT2D eigenvalue weighted by molar-refractivity contribution is 5.83. The van der Waals surface area contributed by atoms with Crippen molar-refractivity contribution in [2.75, 3.05) is 13.1 Å². The fourth-order valence-corrected chi connectivity index (χ4v) is 3.30. The van der Waals surface area contributed by atoms with E-state index in [1.807, 2.05) is 0 Å². The average molecular weight is 262 g/mol. The molecular formula is C14H22N4O. The smallest absolute Gasteiger partial charge is 0.224 e. The summed E-state index contributed by atoms with van der Waals surface area (Å²) in [5, 5.41) is 6.52. The molecule has 1 aromatic rings. The third-order valence-corrected chi connectivity index (χ3v) is 4.68. The van der Waals surface area contributed by atoms with E-state index >= 15 is 0 Å². The van der Waals surface area contributed by atoms with Crippen molar-refractivity contribution < 1.29 is 4.79 Å². The van der Waals surface area contributed by atoms with Crippen LogP contribution in [0.4, 0.5) is 0 Å². The Bertz CT molecular complexity index is 436. The van der Waals surface area contributed by atoms with Crippen LogP contribution in [0.3, 0.4) is 0 Å². The average Bonchev–Trinajstić information content (AvgIpc) is 2.90. The molecule has 5 nitrogen and oxygen atoms in total. The molecule has 1 aliphatic carbocycles. The zero-order chi connectivity index (χ0) is 13.3. The van der Waals surface area contributed by atoms with Gasteiger partial charge in [-0.2, -0.15) is 0 Å². The van der Waals surface area contributed by atoms with Crippen molar-refractivity contribution in [2.45, 2.75) is 38.6 Å². The van der Waals surface area contributed by atoms with Gasteiger partial charge in [0.25, 0.3) is 0 Å². The molecule has 19 heavy (non-hydrogen) atoms. The lowest BCUT2D eigenvalue weighted by molar-refractivity contribution is -0.124. The maximum absolute atomic E-state index is 12.4. The predicted octanol–water partition coefficient (Wildman–Crippen LogP) is 1.37. The summed E-state index contributed by atoms with van der Waals surface area (Å²) >= 11 is 0. The minimum atomic E-state index is 0.0156. The molecule has 104 valence electrons. The van der Waals surface area contributed by atoms with Gasteiger partial charge in [-0.25, -0.2) is 4.98 Å². The van der Waals surface area contributed by atoms with E-state index in [9.17, 15) is 4.79 Å². The first-order valence-electron chi connectivity index (χ1n) is 7.25. The van der Waals surface area contributed by atoms with E-state index in [4.69, 9.17) is 0 Å². The number of piperidine rings is 1. The van der Waals surface area contributed by atoms with Crippen LogP contribution in [-0.4, -0.2) is 29.0 Å². The quantitative estimate of drug-likeness (QED) is 0.767. The van der Waals surface area contributed by atoms with E-state index in [0.717, 1.165) is 44.6 Å². The molecular weight excluding hydrogens is 240 g/mol. The number of hydrogen-bond acceptors (Lipinski definition) is 3. The molecule has 3 N–H and O–H groups in total. The summed E-state index contributed by atoms with van der Waals surface area (Å²) in [6.45, 7) is 4.18. The zero-order valence-corrected chi connectivity index (χ0v) is 11.4. The van der Waals surface area contributed by atoms with Crippen molar-refractivity contribution in [3.63, 3.8) is 0 Å². The topological polar surface area (TPSA) is 69.8 Å². The number of hydrogen-bond donors (Lipinski definition) is 3. The number of carbonyl (C=O) groups excluding carboxylic acids is 1. The molecule has 2 atom stereocenters. The number of carbonyl (C=O) groups is 1. The summed E-state index contributed by atoms with van der Waals surface area (Å²) in [4.78, 5) is 19.7. The SMILES string of the molecule is CCC(NC(=O)C1CC12CCNCC2)c1ncc[nH]1. The van der Waals surface area contributed by atoms with Gasteiger partial charge in [-0.05, 0) is 44.2 Å². The number of amides is 1. The van der Waals surface area contributed by atoms with Crippen LogP contribution in [0.2, 0.25) is 0 Å². The molecule has 2 heterocycles. The Balaban J connectivity index is 1.60. The fraction of sp³-hybridized carbons (Fsp3) is 0.714. The van der Waals surface area contributed by atoms with Crippen molar-refractivity contribution in [1.29, 1.82) is 0 Å². The summed E-state index contributed by atoms with van der Waals surface area (Å²) in [7, 11) is 0. The normalized spacial score (nSPS) is 26.1. The van der Waals surface area contributed by atoms with Crippen LogP contribution in [0, 0.1) is 11.3 Å². The largest absolute Gasteiger partial charge is 0.347 e. The summed E-state index contributed by atoms with van der Waals surface area (Å²) in [6, 6.07) is 0.0156. The van der Waals surface area contributed by atoms with Crippen molar-refractivity contribution in [3.05, 3.63) is 18.2 Å². The van der Waals surface area contributed by atoms with Gasteiger partial charge in [-0.15, -0.1) is 0 Å². The molecule has 1 spiro atoms. The van der Waals surface area contributed by atoms with Crippen LogP contribution in [0.25, 0.3) is 0 Å². The van der Waals surface area contributed by atoms with Gasteiger partial charge >= 0.3 is 0 Å². The monoisotopic (exact) mass is 262 g/mol. The minimum Gasteiger partial charge on any atom is -0.347 e. The third-order valence-electron chi connectivity index (χ3n) is 4.68. The molecule has 1 amide bonds. The highest BCUT2D eigenvalue weighted by Gasteiger charge is 2.57. The lowest BCUT2D eigenvalue weighted by Crippen LogP contribution is -2.35. The Morgan fingerprint density at radius 2 is 2.37 bits per heavy atom. The van der Waals surface area contributed by atoms with Crippen LogP contribution >= 0.6 is 0 Å². The highest BCUT2D eigenvalue weighted by atomic mass is 16.2. The van der Waals surface area contributed by atoms with E-state index in [1.165, 1.54) is 0 Å². The highest BCUT2D eigenvalue weighted by Crippen LogP contribution is 2.58. The van der Waals surface area contributed by atoms with Gasteiger partial charge in [0.2, 0.25) is 5.91 Å². The maximum Gasteiger partial charge on any atom is 0.224 e. The van der Waals surface area contributed by atoms with Crippen LogP contribution in [0.5, 0.6) is 0 Å². The molecule has 1 aromatic heterocycles. The number of nitrogens with one attached hydrogen (secondary N) is 3. The van der Waals surface area contributed by atoms with Gasteiger partial charge in [-0.1, -0.05) is 6.92 Å². The van der Waals surface area contributed by atoms with Gasteiger partial charge in [0.05, 0.1) is 6.04 Å². The molecule has 5 heteroatoms. The number of rotatable bonds is 4. The van der Waals surface area contributed by atoms with Gasteiger partial charge in [0.15, 0.2) is 0 Å². The zero-order valence-electron chi connectivity index (χ0n) is 11.4.